The molecule has 1 aromatic heterocycles. The second-order valence-electron chi connectivity index (χ2n) is 3.17. The third kappa shape index (κ3) is 1.59. The second kappa shape index (κ2) is 3.20. The second-order valence-corrected chi connectivity index (χ2v) is 3.17. The van der Waals surface area contributed by atoms with E-state index in [-0.39, 0.29) is 16.7 Å². The molecule has 0 bridgehead atoms. The van der Waals surface area contributed by atoms with Crippen LogP contribution in [-0.2, 0) is 0 Å². The van der Waals surface area contributed by atoms with Crippen LogP contribution in [0.15, 0.2) is 33.5 Å². The summed E-state index contributed by atoms with van der Waals surface area (Å²) in [5.41, 5.74) is -0.324. The van der Waals surface area contributed by atoms with Crippen LogP contribution in [0.3, 0.4) is 0 Å². The van der Waals surface area contributed by atoms with Crippen LogP contribution in [0, 0.1) is 17.0 Å². The van der Waals surface area contributed by atoms with Gasteiger partial charge in [-0.3, -0.25) is 14.9 Å². The molecule has 0 aliphatic rings. The first-order valence-electron chi connectivity index (χ1n) is 4.27. The molecular formula is C10H7NO4. The zero-order valence-electron chi connectivity index (χ0n) is 7.89. The number of fused-ring (bicyclic) bond motifs is 1. The SMILES string of the molecule is Cc1cc2cc([N+](=O)[O-])ccc(=O)c2o1. The minimum atomic E-state index is -0.540. The lowest BCUT2D eigenvalue weighted by Crippen LogP contribution is -1.91. The largest absolute Gasteiger partial charge is 0.457 e. The van der Waals surface area contributed by atoms with Crippen LogP contribution in [0.25, 0.3) is 11.0 Å². The quantitative estimate of drug-likeness (QED) is 0.527. The van der Waals surface area contributed by atoms with Gasteiger partial charge in [-0.25, -0.2) is 0 Å². The summed E-state index contributed by atoms with van der Waals surface area (Å²) < 4.78 is 5.16. The van der Waals surface area contributed by atoms with Crippen LogP contribution in [0.1, 0.15) is 5.76 Å². The van der Waals surface area contributed by atoms with Gasteiger partial charge in [-0.1, -0.05) is 0 Å². The van der Waals surface area contributed by atoms with Crippen molar-refractivity contribution in [1.82, 2.24) is 0 Å². The molecule has 5 heteroatoms. The lowest BCUT2D eigenvalue weighted by Gasteiger charge is -1.82. The molecule has 0 radical (unpaired) electrons. The first-order chi connectivity index (χ1) is 7.08. The van der Waals surface area contributed by atoms with Gasteiger partial charge in [0.05, 0.1) is 4.92 Å². The van der Waals surface area contributed by atoms with Crippen LogP contribution in [0.4, 0.5) is 5.69 Å². The summed E-state index contributed by atoms with van der Waals surface area (Å²) in [6.07, 6.45) is 0. The molecule has 0 unspecified atom stereocenters. The molecule has 2 rings (SSSR count). The van der Waals surface area contributed by atoms with Gasteiger partial charge in [0.2, 0.25) is 5.43 Å². The maximum Gasteiger partial charge on any atom is 0.270 e. The number of aryl methyl sites for hydroxylation is 1. The third-order valence-electron chi connectivity index (χ3n) is 2.03. The van der Waals surface area contributed by atoms with Gasteiger partial charge in [-0.2, -0.15) is 0 Å². The van der Waals surface area contributed by atoms with Crippen molar-refractivity contribution < 1.29 is 9.34 Å². The highest BCUT2D eigenvalue weighted by Crippen LogP contribution is 2.18. The molecule has 0 aliphatic heterocycles. The molecule has 0 amide bonds. The van der Waals surface area contributed by atoms with Gasteiger partial charge in [0.1, 0.15) is 5.76 Å². The van der Waals surface area contributed by atoms with E-state index in [9.17, 15) is 14.9 Å². The molecule has 0 fully saturated rings. The topological polar surface area (TPSA) is 73.3 Å². The first kappa shape index (κ1) is 9.39. The van der Waals surface area contributed by atoms with Gasteiger partial charge in [0, 0.05) is 17.5 Å². The Morgan fingerprint density at radius 3 is 2.73 bits per heavy atom. The molecule has 2 aromatic rings. The summed E-state index contributed by atoms with van der Waals surface area (Å²) in [5, 5.41) is 11.0. The molecular weight excluding hydrogens is 198 g/mol. The van der Waals surface area contributed by atoms with Gasteiger partial charge in [0.25, 0.3) is 5.69 Å². The predicted octanol–water partition coefficient (Wildman–Crippen LogP) is 2.01. The van der Waals surface area contributed by atoms with Crippen LogP contribution in [-0.4, -0.2) is 4.92 Å². The van der Waals surface area contributed by atoms with E-state index in [2.05, 4.69) is 0 Å². The number of hydrogen-bond donors (Lipinski definition) is 0. The van der Waals surface area contributed by atoms with Gasteiger partial charge < -0.3 is 4.42 Å². The summed E-state index contributed by atoms with van der Waals surface area (Å²) in [6, 6.07) is 5.24. The fraction of sp³-hybridized carbons (Fsp3) is 0.100. The van der Waals surface area contributed by atoms with E-state index < -0.39 is 4.92 Å². The highest BCUT2D eigenvalue weighted by molar-refractivity contribution is 5.78. The van der Waals surface area contributed by atoms with E-state index in [1.54, 1.807) is 13.0 Å². The van der Waals surface area contributed by atoms with Crippen LogP contribution < -0.4 is 5.43 Å². The number of nitro groups is 1. The van der Waals surface area contributed by atoms with Crippen LogP contribution >= 0.6 is 0 Å². The average Bonchev–Trinajstić information content (AvgIpc) is 2.46. The summed E-state index contributed by atoms with van der Waals surface area (Å²) >= 11 is 0. The van der Waals surface area contributed by atoms with E-state index in [4.69, 9.17) is 4.42 Å². The molecule has 1 heterocycles. The number of hydrogen-bond acceptors (Lipinski definition) is 4. The van der Waals surface area contributed by atoms with E-state index in [1.165, 1.54) is 12.1 Å². The maximum absolute atomic E-state index is 11.5. The fourth-order valence-electron chi connectivity index (χ4n) is 1.39. The van der Waals surface area contributed by atoms with Crippen molar-refractivity contribution in [3.63, 3.8) is 0 Å². The monoisotopic (exact) mass is 205 g/mol. The standard InChI is InChI=1S/C10H7NO4/c1-6-4-7-5-8(11(13)14)2-3-9(12)10(7)15-6/h2-5H,1H3. The normalized spacial score (nSPS) is 10.5. The zero-order chi connectivity index (χ0) is 11.0. The van der Waals surface area contributed by atoms with Crippen molar-refractivity contribution in [2.24, 2.45) is 0 Å². The van der Waals surface area contributed by atoms with E-state index in [0.717, 1.165) is 6.07 Å². The van der Waals surface area contributed by atoms with Crippen LogP contribution in [0.2, 0.25) is 0 Å². The molecule has 0 saturated carbocycles. The maximum atomic E-state index is 11.5. The molecule has 0 N–H and O–H groups in total. The van der Waals surface area contributed by atoms with Crippen molar-refractivity contribution in [2.75, 3.05) is 0 Å². The van der Waals surface area contributed by atoms with Crippen molar-refractivity contribution >= 4 is 16.7 Å². The highest BCUT2D eigenvalue weighted by Gasteiger charge is 2.09. The highest BCUT2D eigenvalue weighted by atomic mass is 16.6. The summed E-state index contributed by atoms with van der Waals surface area (Å²) in [7, 11) is 0. The molecule has 1 aromatic carbocycles. The van der Waals surface area contributed by atoms with Gasteiger partial charge in [-0.05, 0) is 19.1 Å². The van der Waals surface area contributed by atoms with Gasteiger partial charge in [-0.15, -0.1) is 0 Å². The van der Waals surface area contributed by atoms with Crippen molar-refractivity contribution in [1.29, 1.82) is 0 Å². The summed E-state index contributed by atoms with van der Waals surface area (Å²) in [4.78, 5) is 21.5. The molecule has 0 saturated heterocycles. The Bertz CT molecular complexity index is 600. The lowest BCUT2D eigenvalue weighted by atomic mass is 10.3. The Morgan fingerprint density at radius 2 is 2.07 bits per heavy atom. The Hall–Kier alpha value is -2.17. The summed E-state index contributed by atoms with van der Waals surface area (Å²) in [5.74, 6) is 0.558. The van der Waals surface area contributed by atoms with Crippen molar-refractivity contribution in [3.8, 4) is 0 Å². The van der Waals surface area contributed by atoms with E-state index in [0.29, 0.717) is 11.1 Å². The fourth-order valence-corrected chi connectivity index (χ4v) is 1.39. The van der Waals surface area contributed by atoms with E-state index in [1.807, 2.05) is 0 Å². The molecule has 0 spiro atoms. The Kier molecular flexibility index (Phi) is 2.00. The summed E-state index contributed by atoms with van der Waals surface area (Å²) in [6.45, 7) is 1.69. The zero-order valence-corrected chi connectivity index (χ0v) is 7.89. The van der Waals surface area contributed by atoms with Crippen molar-refractivity contribution in [2.45, 2.75) is 6.92 Å². The Labute approximate surface area is 84.1 Å². The smallest absolute Gasteiger partial charge is 0.270 e. The van der Waals surface area contributed by atoms with Gasteiger partial charge in [0.15, 0.2) is 5.58 Å². The van der Waals surface area contributed by atoms with Crippen molar-refractivity contribution in [3.05, 3.63) is 50.4 Å². The molecule has 5 nitrogen and oxygen atoms in total. The van der Waals surface area contributed by atoms with Crippen LogP contribution in [0.5, 0.6) is 0 Å². The number of nitrogens with zero attached hydrogens (tertiary/aromatic N) is 1. The molecule has 0 atom stereocenters. The van der Waals surface area contributed by atoms with E-state index >= 15 is 0 Å². The molecule has 76 valence electrons. The first-order valence-corrected chi connectivity index (χ1v) is 4.27. The Balaban J connectivity index is 2.90. The Morgan fingerprint density at radius 1 is 1.33 bits per heavy atom. The average molecular weight is 205 g/mol. The number of rotatable bonds is 1. The van der Waals surface area contributed by atoms with Gasteiger partial charge >= 0.3 is 0 Å². The predicted molar refractivity (Wildman–Crippen MR) is 53.9 cm³/mol. The molecule has 0 aliphatic carbocycles. The lowest BCUT2D eigenvalue weighted by molar-refractivity contribution is -0.384. The minimum absolute atomic E-state index is 0.122. The molecule has 15 heavy (non-hydrogen) atoms. The minimum Gasteiger partial charge on any atom is -0.457 e. The third-order valence-corrected chi connectivity index (χ3v) is 2.03. The number of furan rings is 1.